The quantitative estimate of drug-likeness (QED) is 0.325. The van der Waals surface area contributed by atoms with Gasteiger partial charge in [-0.15, -0.1) is 0 Å². The highest BCUT2D eigenvalue weighted by Gasteiger charge is 2.87. The molecular weight excluding hydrogens is 468 g/mol. The zero-order valence-electron chi connectivity index (χ0n) is 16.2. The van der Waals surface area contributed by atoms with Crippen molar-refractivity contribution in [3.63, 3.8) is 0 Å². The number of hydrogen-bond donors (Lipinski definition) is 1. The van der Waals surface area contributed by atoms with Crippen LogP contribution < -0.4 is 0 Å². The molecule has 31 heavy (non-hydrogen) atoms. The lowest BCUT2D eigenvalue weighted by Crippen LogP contribution is -2.69. The second-order valence-electron chi connectivity index (χ2n) is 7.01. The number of ether oxygens (including phenoxy) is 1. The van der Waals surface area contributed by atoms with E-state index in [-0.39, 0.29) is 12.8 Å². The van der Waals surface area contributed by atoms with Crippen LogP contribution in [-0.2, 0) is 9.53 Å². The summed E-state index contributed by atoms with van der Waals surface area (Å²) in [4.78, 5) is 10.8. The first kappa shape index (κ1) is 29.6. The molecule has 186 valence electrons. The van der Waals surface area contributed by atoms with Crippen molar-refractivity contribution in [2.75, 3.05) is 6.61 Å². The number of carboxylic acids is 1. The maximum Gasteiger partial charge on any atom is 0.384 e. The molecule has 0 aromatic heterocycles. The fourth-order valence-electron chi connectivity index (χ4n) is 2.48. The van der Waals surface area contributed by atoms with Gasteiger partial charge in [0.2, 0.25) is 0 Å². The monoisotopic (exact) mass is 488 g/mol. The van der Waals surface area contributed by atoms with Gasteiger partial charge >= 0.3 is 42.0 Å². The fraction of sp³-hybridized carbons (Fsp3) is 0.938. The molecule has 0 heterocycles. The minimum absolute atomic E-state index is 0.0512. The van der Waals surface area contributed by atoms with E-state index in [4.69, 9.17) is 5.11 Å². The van der Waals surface area contributed by atoms with E-state index in [9.17, 15) is 57.5 Å². The van der Waals surface area contributed by atoms with Crippen LogP contribution in [0.1, 0.15) is 33.6 Å². The third kappa shape index (κ3) is 5.51. The number of hydrogen-bond acceptors (Lipinski definition) is 2. The molecule has 0 amide bonds. The molecule has 0 bridgehead atoms. The second kappa shape index (κ2) is 9.61. The van der Waals surface area contributed by atoms with E-state index in [0.717, 1.165) is 6.92 Å². The van der Waals surface area contributed by atoms with Crippen molar-refractivity contribution in [1.82, 2.24) is 0 Å². The van der Waals surface area contributed by atoms with Gasteiger partial charge in [0, 0.05) is 0 Å². The summed E-state index contributed by atoms with van der Waals surface area (Å²) in [5, 5.41) is 8.82. The van der Waals surface area contributed by atoms with Gasteiger partial charge in [-0.05, 0) is 19.3 Å². The van der Waals surface area contributed by atoms with E-state index in [2.05, 4.69) is 4.74 Å². The first-order valence-electron chi connectivity index (χ1n) is 8.63. The van der Waals surface area contributed by atoms with Gasteiger partial charge in [-0.3, -0.25) is 4.79 Å². The van der Waals surface area contributed by atoms with E-state index in [0.29, 0.717) is 0 Å². The van der Waals surface area contributed by atoms with E-state index in [1.807, 2.05) is 0 Å². The van der Waals surface area contributed by atoms with Crippen molar-refractivity contribution >= 4 is 5.97 Å². The summed E-state index contributed by atoms with van der Waals surface area (Å²) < 4.78 is 162. The standard InChI is InChI=1S/C16H20F12O3/c1-4-9(5-7(2)10(29)30)8(3)31-6-12(19,20)14(23,24)16(27,28)15(25,26)13(21,22)11(17)18/h7-9,11H,4-6H2,1-3H3,(H,29,30). The van der Waals surface area contributed by atoms with Crippen LogP contribution in [0.2, 0.25) is 0 Å². The molecule has 0 aliphatic carbocycles. The largest absolute Gasteiger partial charge is 0.481 e. The number of carbonyl (C=O) groups is 1. The van der Waals surface area contributed by atoms with Crippen LogP contribution in [0.4, 0.5) is 52.7 Å². The average molecular weight is 488 g/mol. The topological polar surface area (TPSA) is 46.5 Å². The molecule has 0 radical (unpaired) electrons. The maximum atomic E-state index is 13.7. The minimum atomic E-state index is -7.60. The summed E-state index contributed by atoms with van der Waals surface area (Å²) in [6, 6.07) is 0. The van der Waals surface area contributed by atoms with E-state index < -0.39 is 66.6 Å². The molecule has 0 spiro atoms. The Morgan fingerprint density at radius 1 is 0.871 bits per heavy atom. The van der Waals surface area contributed by atoms with Gasteiger partial charge in [0.15, 0.2) is 0 Å². The first-order valence-corrected chi connectivity index (χ1v) is 8.63. The van der Waals surface area contributed by atoms with E-state index >= 15 is 0 Å². The van der Waals surface area contributed by atoms with Crippen molar-refractivity contribution < 1.29 is 67.3 Å². The van der Waals surface area contributed by atoms with Gasteiger partial charge in [-0.1, -0.05) is 20.3 Å². The fourth-order valence-corrected chi connectivity index (χ4v) is 2.48. The Morgan fingerprint density at radius 2 is 1.32 bits per heavy atom. The number of rotatable bonds is 13. The molecule has 3 nitrogen and oxygen atoms in total. The number of alkyl halides is 12. The van der Waals surface area contributed by atoms with Crippen LogP contribution in [0.15, 0.2) is 0 Å². The Balaban J connectivity index is 5.67. The van der Waals surface area contributed by atoms with Gasteiger partial charge in [-0.25, -0.2) is 8.78 Å². The molecule has 1 N–H and O–H groups in total. The smallest absolute Gasteiger partial charge is 0.384 e. The van der Waals surface area contributed by atoms with Gasteiger partial charge in [-0.2, -0.15) is 43.9 Å². The molecule has 0 rings (SSSR count). The molecular formula is C16H20F12O3. The Hall–Kier alpha value is -1.41. The highest BCUT2D eigenvalue weighted by atomic mass is 19.4. The number of aliphatic carboxylic acids is 1. The SMILES string of the molecule is CCC(CC(C)C(=O)O)C(C)OCC(F)(F)C(F)(F)C(F)(F)C(F)(F)C(F)(F)C(F)F. The van der Waals surface area contributed by atoms with Crippen molar-refractivity contribution in [2.24, 2.45) is 11.8 Å². The Morgan fingerprint density at radius 3 is 1.68 bits per heavy atom. The molecule has 15 heteroatoms. The van der Waals surface area contributed by atoms with Crippen LogP contribution in [0.5, 0.6) is 0 Å². The van der Waals surface area contributed by atoms with Gasteiger partial charge in [0.05, 0.1) is 12.0 Å². The van der Waals surface area contributed by atoms with E-state index in [1.54, 1.807) is 0 Å². The van der Waals surface area contributed by atoms with Crippen LogP contribution in [0.25, 0.3) is 0 Å². The van der Waals surface area contributed by atoms with Gasteiger partial charge < -0.3 is 9.84 Å². The summed E-state index contributed by atoms with van der Waals surface area (Å²) in [5.41, 5.74) is 0. The summed E-state index contributed by atoms with van der Waals surface area (Å²) in [5.74, 6) is -38.8. The Labute approximate surface area is 168 Å². The lowest BCUT2D eigenvalue weighted by atomic mass is 9.89. The molecule has 0 saturated heterocycles. The van der Waals surface area contributed by atoms with Crippen LogP contribution in [-0.4, -0.2) is 59.8 Å². The van der Waals surface area contributed by atoms with Crippen molar-refractivity contribution in [3.05, 3.63) is 0 Å². The Bertz CT molecular complexity index is 609. The molecule has 3 atom stereocenters. The van der Waals surface area contributed by atoms with Crippen LogP contribution in [0.3, 0.4) is 0 Å². The lowest BCUT2D eigenvalue weighted by Gasteiger charge is -2.39. The predicted molar refractivity (Wildman–Crippen MR) is 81.4 cm³/mol. The van der Waals surface area contributed by atoms with Gasteiger partial charge in [0.25, 0.3) is 0 Å². The van der Waals surface area contributed by atoms with E-state index in [1.165, 1.54) is 13.8 Å². The van der Waals surface area contributed by atoms with Crippen LogP contribution in [0, 0.1) is 11.8 Å². The zero-order valence-corrected chi connectivity index (χ0v) is 16.2. The highest BCUT2D eigenvalue weighted by Crippen LogP contribution is 2.58. The number of carboxylic acid groups (broad SMARTS) is 1. The molecule has 0 aliphatic rings. The second-order valence-corrected chi connectivity index (χ2v) is 7.01. The maximum absolute atomic E-state index is 13.7. The van der Waals surface area contributed by atoms with Crippen LogP contribution >= 0.6 is 0 Å². The van der Waals surface area contributed by atoms with Crippen molar-refractivity contribution in [1.29, 1.82) is 0 Å². The predicted octanol–water partition coefficient (Wildman–Crippen LogP) is 5.97. The number of halogens is 12. The average Bonchev–Trinajstić information content (AvgIpc) is 2.62. The molecule has 0 saturated carbocycles. The molecule has 0 aliphatic heterocycles. The minimum Gasteiger partial charge on any atom is -0.481 e. The van der Waals surface area contributed by atoms with Crippen molar-refractivity contribution in [2.45, 2.75) is 75.8 Å². The zero-order chi connectivity index (χ0) is 25.2. The Kier molecular flexibility index (Phi) is 9.17. The molecule has 3 unspecified atom stereocenters. The highest BCUT2D eigenvalue weighted by molar-refractivity contribution is 5.69. The molecule has 0 aromatic carbocycles. The molecule has 0 aromatic rings. The first-order chi connectivity index (χ1) is 13.6. The summed E-state index contributed by atoms with van der Waals surface area (Å²) in [6.07, 6.45) is -7.19. The summed E-state index contributed by atoms with van der Waals surface area (Å²) in [6.45, 7) is 0.957. The molecule has 0 fully saturated rings. The normalized spacial score (nSPS) is 17.5. The third-order valence-electron chi connectivity index (χ3n) is 4.73. The summed E-state index contributed by atoms with van der Waals surface area (Å²) >= 11 is 0. The third-order valence-corrected chi connectivity index (χ3v) is 4.73. The van der Waals surface area contributed by atoms with Crippen molar-refractivity contribution in [3.8, 4) is 0 Å². The van der Waals surface area contributed by atoms with Gasteiger partial charge in [0.1, 0.15) is 6.61 Å². The lowest BCUT2D eigenvalue weighted by molar-refractivity contribution is -0.416. The summed E-state index contributed by atoms with van der Waals surface area (Å²) in [7, 11) is 0.